The van der Waals surface area contributed by atoms with Gasteiger partial charge < -0.3 is 34.0 Å². The number of aliphatic hydroxyl groups is 2. The van der Waals surface area contributed by atoms with Crippen molar-refractivity contribution in [1.29, 1.82) is 0 Å². The third-order valence-electron chi connectivity index (χ3n) is 12.5. The summed E-state index contributed by atoms with van der Waals surface area (Å²) in [5, 5.41) is 36.2. The summed E-state index contributed by atoms with van der Waals surface area (Å²) in [5.74, 6) is -0.774. The van der Waals surface area contributed by atoms with Crippen molar-refractivity contribution in [3.8, 4) is 23.0 Å². The van der Waals surface area contributed by atoms with Crippen LogP contribution in [0.5, 0.6) is 23.0 Å². The Morgan fingerprint density at radius 2 is 1.69 bits per heavy atom. The van der Waals surface area contributed by atoms with Gasteiger partial charge >= 0.3 is 6.09 Å². The molecule has 7 rings (SSSR count). The number of oxime groups is 1. The van der Waals surface area contributed by atoms with Gasteiger partial charge in [-0.1, -0.05) is 79.5 Å². The van der Waals surface area contributed by atoms with Crippen LogP contribution in [-0.2, 0) is 16.2 Å². The maximum atomic E-state index is 14.7. The summed E-state index contributed by atoms with van der Waals surface area (Å²) in [6.07, 6.45) is 8.94. The summed E-state index contributed by atoms with van der Waals surface area (Å²) in [6.45, 7) is 6.57. The Morgan fingerprint density at radius 1 is 0.954 bits per heavy atom. The first kappa shape index (κ1) is 46.6. The van der Waals surface area contributed by atoms with Crippen LogP contribution in [0.15, 0.2) is 127 Å². The highest BCUT2D eigenvalue weighted by Crippen LogP contribution is 2.62. The van der Waals surface area contributed by atoms with E-state index in [1.54, 1.807) is 35.2 Å². The van der Waals surface area contributed by atoms with Crippen LogP contribution in [0.2, 0.25) is 0 Å². The number of rotatable bonds is 22. The molecule has 2 aliphatic carbocycles. The summed E-state index contributed by atoms with van der Waals surface area (Å²) in [7, 11) is 0. The lowest BCUT2D eigenvalue weighted by Crippen LogP contribution is -2.70. The van der Waals surface area contributed by atoms with Gasteiger partial charge in [-0.3, -0.25) is 19.8 Å². The zero-order chi connectivity index (χ0) is 45.8. The van der Waals surface area contributed by atoms with Crippen molar-refractivity contribution in [2.24, 2.45) is 22.9 Å². The molecule has 342 valence electrons. The second kappa shape index (κ2) is 22.0. The minimum absolute atomic E-state index is 0.00288. The second-order valence-corrected chi connectivity index (χ2v) is 16.6. The number of amides is 1. The number of hydrogen-bond acceptors (Lipinski definition) is 12. The molecule has 0 bridgehead atoms. The molecule has 1 fully saturated rings. The molecule has 6 atom stereocenters. The molecule has 65 heavy (non-hydrogen) atoms. The van der Waals surface area contributed by atoms with Crippen LogP contribution >= 0.6 is 0 Å². The Kier molecular flexibility index (Phi) is 15.8. The zero-order valence-electron chi connectivity index (χ0n) is 36.7. The number of carbonyl (C=O) groups excluding carboxylic acids is 2. The molecule has 0 aromatic heterocycles. The Morgan fingerprint density at radius 3 is 2.40 bits per heavy atom. The molecule has 4 aromatic rings. The summed E-state index contributed by atoms with van der Waals surface area (Å²) in [6, 6.07) is 26.8. The summed E-state index contributed by atoms with van der Waals surface area (Å²) >= 11 is 0. The fourth-order valence-electron chi connectivity index (χ4n) is 9.67. The molecular formula is C51H57N3O11. The van der Waals surface area contributed by atoms with Gasteiger partial charge in [0.2, 0.25) is 5.79 Å². The van der Waals surface area contributed by atoms with Gasteiger partial charge in [0, 0.05) is 55.4 Å². The van der Waals surface area contributed by atoms with E-state index in [1.165, 1.54) is 24.3 Å². The highest BCUT2D eigenvalue weighted by atomic mass is 16.7. The van der Waals surface area contributed by atoms with Gasteiger partial charge in [0.05, 0.1) is 23.2 Å². The fraction of sp³-hybridized carbons (Fsp3) is 0.392. The molecule has 2 N–H and O–H groups in total. The van der Waals surface area contributed by atoms with Gasteiger partial charge in [-0.25, -0.2) is 4.79 Å². The molecule has 14 heteroatoms. The van der Waals surface area contributed by atoms with Crippen LogP contribution in [0.4, 0.5) is 10.5 Å². The molecule has 0 radical (unpaired) electrons. The van der Waals surface area contributed by atoms with Crippen molar-refractivity contribution in [2.75, 3.05) is 26.4 Å². The number of nitrogens with zero attached hydrogens (tertiary/aromatic N) is 3. The average molecular weight is 888 g/mol. The standard InChI is InChI=1S/C51H57N3O11/c1-3-25-53(50(58)64-39-21-19-38(20-22-39)54(59)60)47-32-45(52-62-34-35-13-6-5-7-14-35)43-30-37(16-8-10-26-55)42(18-9-11-27-56)48-44-31-41(63-40-17-12-15-36(29-40)33-57)23-24-46(44)65-51(47,49(43)48)61-28-4-2/h4-7,12-15,17,19-24,29-31,33,37,42,47-49,55-56H,2-3,8-11,16,18,25-28,32,34H2,1H3. The van der Waals surface area contributed by atoms with Crippen molar-refractivity contribution in [3.63, 3.8) is 0 Å². The van der Waals surface area contributed by atoms with E-state index in [2.05, 4.69) is 12.7 Å². The number of fused-ring (bicyclic) bond motifs is 2. The number of benzene rings is 4. The number of ether oxygens (including phenoxy) is 4. The van der Waals surface area contributed by atoms with Crippen LogP contribution in [0.25, 0.3) is 0 Å². The average Bonchev–Trinajstić information content (AvgIpc) is 3.32. The molecular weight excluding hydrogens is 831 g/mol. The first-order chi connectivity index (χ1) is 31.7. The van der Waals surface area contributed by atoms with E-state index >= 15 is 0 Å². The Hall–Kier alpha value is -6.35. The first-order valence-corrected chi connectivity index (χ1v) is 22.4. The lowest BCUT2D eigenvalue weighted by molar-refractivity contribution is -0.384. The van der Waals surface area contributed by atoms with Crippen molar-refractivity contribution in [2.45, 2.75) is 82.6 Å². The van der Waals surface area contributed by atoms with E-state index in [0.29, 0.717) is 47.8 Å². The van der Waals surface area contributed by atoms with Crippen LogP contribution < -0.4 is 14.2 Å². The lowest BCUT2D eigenvalue weighted by Gasteiger charge is -2.59. The molecule has 3 aliphatic rings. The maximum absolute atomic E-state index is 14.7. The van der Waals surface area contributed by atoms with Crippen molar-refractivity contribution in [3.05, 3.63) is 148 Å². The largest absolute Gasteiger partial charge is 0.459 e. The molecule has 0 spiro atoms. The van der Waals surface area contributed by atoms with E-state index in [0.717, 1.165) is 48.7 Å². The molecule has 1 aliphatic heterocycles. The molecule has 6 unspecified atom stereocenters. The number of carbonyl (C=O) groups is 2. The van der Waals surface area contributed by atoms with Gasteiger partial charge in [-0.2, -0.15) is 0 Å². The molecule has 1 amide bonds. The van der Waals surface area contributed by atoms with Crippen molar-refractivity contribution >= 4 is 23.8 Å². The first-order valence-electron chi connectivity index (χ1n) is 22.4. The van der Waals surface area contributed by atoms with E-state index in [-0.39, 0.29) is 68.6 Å². The molecule has 4 aromatic carbocycles. The monoisotopic (exact) mass is 887 g/mol. The zero-order valence-corrected chi connectivity index (χ0v) is 36.7. The topological polar surface area (TPSA) is 179 Å². The third kappa shape index (κ3) is 10.6. The Bertz CT molecular complexity index is 2340. The van der Waals surface area contributed by atoms with Crippen LogP contribution in [0, 0.1) is 27.9 Å². The smallest absolute Gasteiger partial charge is 0.415 e. The van der Waals surface area contributed by atoms with E-state index in [9.17, 15) is 29.9 Å². The summed E-state index contributed by atoms with van der Waals surface area (Å²) in [5.41, 5.74) is 3.61. The highest BCUT2D eigenvalue weighted by molar-refractivity contribution is 6.03. The van der Waals surface area contributed by atoms with Gasteiger partial charge in [0.15, 0.2) is 0 Å². The summed E-state index contributed by atoms with van der Waals surface area (Å²) in [4.78, 5) is 45.1. The van der Waals surface area contributed by atoms with E-state index < -0.39 is 28.8 Å². The second-order valence-electron chi connectivity index (χ2n) is 16.6. The Balaban J connectivity index is 1.42. The minimum atomic E-state index is -1.54. The number of nitro benzene ring substituents is 1. The third-order valence-corrected chi connectivity index (χ3v) is 12.5. The molecule has 1 saturated carbocycles. The minimum Gasteiger partial charge on any atom is -0.459 e. The quantitative estimate of drug-likeness (QED) is 0.0252. The SMILES string of the molecule is C=CCOC12Oc3ccc(Oc4cccc(C=O)c4)cc3C3C(CCCCO)C(CCCCO)C=C(C(=NOCc4ccccc4)CC1N(CCC)C(=O)Oc1ccc([N+](=O)[O-])cc1)C32. The van der Waals surface area contributed by atoms with E-state index in [4.69, 9.17) is 28.9 Å². The van der Waals surface area contributed by atoms with Crippen molar-refractivity contribution in [1.82, 2.24) is 4.90 Å². The van der Waals surface area contributed by atoms with Crippen LogP contribution in [0.1, 0.15) is 85.7 Å². The van der Waals surface area contributed by atoms with Crippen LogP contribution in [-0.4, -0.2) is 76.3 Å². The number of nitro groups is 1. The van der Waals surface area contributed by atoms with Gasteiger partial charge in [0.1, 0.15) is 41.9 Å². The van der Waals surface area contributed by atoms with Gasteiger partial charge in [0.25, 0.3) is 5.69 Å². The molecule has 1 heterocycles. The lowest BCUT2D eigenvalue weighted by atomic mass is 9.55. The molecule has 0 saturated heterocycles. The van der Waals surface area contributed by atoms with Gasteiger partial charge in [-0.05, 0) is 97.5 Å². The number of hydrogen-bond donors (Lipinski definition) is 2. The highest BCUT2D eigenvalue weighted by Gasteiger charge is 2.65. The van der Waals surface area contributed by atoms with Crippen LogP contribution in [0.3, 0.4) is 0 Å². The molecule has 14 nitrogen and oxygen atoms in total. The normalized spacial score (nSPS) is 22.4. The Labute approximate surface area is 379 Å². The predicted octanol–water partition coefficient (Wildman–Crippen LogP) is 9.94. The number of aldehydes is 1. The van der Waals surface area contributed by atoms with Gasteiger partial charge in [-0.15, -0.1) is 6.58 Å². The van der Waals surface area contributed by atoms with E-state index in [1.807, 2.05) is 55.5 Å². The fourth-order valence-corrected chi connectivity index (χ4v) is 9.67. The predicted molar refractivity (Wildman–Crippen MR) is 244 cm³/mol. The number of allylic oxidation sites excluding steroid dienone is 1. The number of non-ortho nitro benzene ring substituents is 1. The number of unbranched alkanes of at least 4 members (excludes halogenated alkanes) is 2. The van der Waals surface area contributed by atoms with Crippen molar-refractivity contribution < 1.29 is 48.5 Å². The summed E-state index contributed by atoms with van der Waals surface area (Å²) < 4.78 is 26.8. The maximum Gasteiger partial charge on any atom is 0.415 e. The number of aliphatic hydroxyl groups excluding tert-OH is 2.